The Labute approximate surface area is 125 Å². The number of aromatic hydroxyl groups is 1. The van der Waals surface area contributed by atoms with Gasteiger partial charge in [-0.3, -0.25) is 4.79 Å². The van der Waals surface area contributed by atoms with Crippen LogP contribution in [-0.4, -0.2) is 21.7 Å². The van der Waals surface area contributed by atoms with E-state index in [1.165, 1.54) is 0 Å². The lowest BCUT2D eigenvalue weighted by Gasteiger charge is -2.42. The van der Waals surface area contributed by atoms with Crippen molar-refractivity contribution in [2.45, 2.75) is 65.4 Å². The number of hydrogen-bond acceptors (Lipinski definition) is 4. The van der Waals surface area contributed by atoms with Gasteiger partial charge in [0.05, 0.1) is 5.56 Å². The van der Waals surface area contributed by atoms with E-state index in [0.29, 0.717) is 24.4 Å². The molecule has 0 aliphatic heterocycles. The molecule has 118 valence electrons. The maximum atomic E-state index is 12.1. The third kappa shape index (κ3) is 3.12. The average Bonchev–Trinajstić information content (AvgIpc) is 2.41. The second kappa shape index (κ2) is 5.79. The van der Waals surface area contributed by atoms with Crippen molar-refractivity contribution in [2.24, 2.45) is 5.41 Å². The summed E-state index contributed by atoms with van der Waals surface area (Å²) in [5.41, 5.74) is -0.218. The summed E-state index contributed by atoms with van der Waals surface area (Å²) in [6, 6.07) is 0. The molecule has 0 bridgehead atoms. The molecule has 1 aliphatic rings. The smallest absolute Gasteiger partial charge is 0.258 e. The summed E-state index contributed by atoms with van der Waals surface area (Å²) < 4.78 is 5.99. The molecule has 0 radical (unpaired) electrons. The Hall–Kier alpha value is -1.36. The predicted octanol–water partition coefficient (Wildman–Crippen LogP) is 2.87. The zero-order valence-electron chi connectivity index (χ0n) is 13.5. The van der Waals surface area contributed by atoms with Gasteiger partial charge in [-0.1, -0.05) is 20.8 Å². The van der Waals surface area contributed by atoms with Crippen molar-refractivity contribution in [3.8, 4) is 5.88 Å². The van der Waals surface area contributed by atoms with Crippen LogP contribution in [-0.2, 0) is 16.8 Å². The van der Waals surface area contributed by atoms with Gasteiger partial charge < -0.3 is 14.8 Å². The molecule has 0 atom stereocenters. The number of ether oxygens (including phenoxy) is 1. The third-order valence-corrected chi connectivity index (χ3v) is 4.61. The molecular formula is C16H26N2O3. The SMILES string of the molecule is CCOC1(c2nc(O)c(CC)c(=O)[nH]2)CCC(C)(C)CC1. The standard InChI is InChI=1S/C16H26N2O3/c1-5-11-12(19)17-14(18-13(11)20)16(21-6-2)9-7-15(3,4)8-10-16/h5-10H2,1-4H3,(H2,17,18,19,20). The van der Waals surface area contributed by atoms with Gasteiger partial charge in [-0.05, 0) is 44.4 Å². The molecule has 1 aliphatic carbocycles. The minimum atomic E-state index is -0.576. The van der Waals surface area contributed by atoms with E-state index >= 15 is 0 Å². The van der Waals surface area contributed by atoms with E-state index in [1.807, 2.05) is 13.8 Å². The van der Waals surface area contributed by atoms with Gasteiger partial charge in [0, 0.05) is 6.61 Å². The molecule has 1 saturated carbocycles. The summed E-state index contributed by atoms with van der Waals surface area (Å²) in [7, 11) is 0. The number of aromatic amines is 1. The monoisotopic (exact) mass is 294 g/mol. The molecule has 0 aromatic carbocycles. The minimum absolute atomic E-state index is 0.167. The van der Waals surface area contributed by atoms with E-state index in [2.05, 4.69) is 23.8 Å². The van der Waals surface area contributed by atoms with E-state index < -0.39 is 5.60 Å². The zero-order valence-corrected chi connectivity index (χ0v) is 13.5. The van der Waals surface area contributed by atoms with Crippen molar-refractivity contribution in [3.05, 3.63) is 21.7 Å². The zero-order chi connectivity index (χ0) is 15.7. The van der Waals surface area contributed by atoms with E-state index in [1.54, 1.807) is 0 Å². The van der Waals surface area contributed by atoms with Gasteiger partial charge in [0.25, 0.3) is 5.56 Å². The fourth-order valence-corrected chi connectivity index (χ4v) is 3.08. The fourth-order valence-electron chi connectivity index (χ4n) is 3.08. The summed E-state index contributed by atoms with van der Waals surface area (Å²) in [6.07, 6.45) is 4.09. The molecule has 0 unspecified atom stereocenters. The second-order valence-electron chi connectivity index (χ2n) is 6.66. The molecule has 0 amide bonds. The van der Waals surface area contributed by atoms with Crippen LogP contribution in [0.2, 0.25) is 0 Å². The Morgan fingerprint density at radius 3 is 2.33 bits per heavy atom. The van der Waals surface area contributed by atoms with E-state index in [9.17, 15) is 9.90 Å². The Bertz CT molecular complexity index is 553. The summed E-state index contributed by atoms with van der Waals surface area (Å²) in [5.74, 6) is 0.305. The highest BCUT2D eigenvalue weighted by atomic mass is 16.5. The highest BCUT2D eigenvalue weighted by Gasteiger charge is 2.42. The van der Waals surface area contributed by atoms with Crippen molar-refractivity contribution in [1.82, 2.24) is 9.97 Å². The first-order chi connectivity index (χ1) is 9.83. The van der Waals surface area contributed by atoms with Crippen molar-refractivity contribution in [1.29, 1.82) is 0 Å². The minimum Gasteiger partial charge on any atom is -0.493 e. The largest absolute Gasteiger partial charge is 0.493 e. The van der Waals surface area contributed by atoms with Crippen molar-refractivity contribution in [2.75, 3.05) is 6.61 Å². The summed E-state index contributed by atoms with van der Waals surface area (Å²) in [4.78, 5) is 19.2. The highest BCUT2D eigenvalue weighted by molar-refractivity contribution is 5.24. The molecule has 5 nitrogen and oxygen atoms in total. The van der Waals surface area contributed by atoms with Crippen LogP contribution in [0, 0.1) is 5.41 Å². The van der Waals surface area contributed by atoms with Gasteiger partial charge in [0.15, 0.2) is 0 Å². The van der Waals surface area contributed by atoms with Gasteiger partial charge in [-0.15, -0.1) is 0 Å². The molecule has 0 saturated heterocycles. The number of rotatable bonds is 4. The Morgan fingerprint density at radius 2 is 1.86 bits per heavy atom. The van der Waals surface area contributed by atoms with Crippen molar-refractivity contribution in [3.63, 3.8) is 0 Å². The van der Waals surface area contributed by atoms with Gasteiger partial charge in [0.2, 0.25) is 5.88 Å². The van der Waals surface area contributed by atoms with E-state index in [4.69, 9.17) is 4.74 Å². The van der Waals surface area contributed by atoms with Crippen molar-refractivity contribution < 1.29 is 9.84 Å². The quantitative estimate of drug-likeness (QED) is 0.895. The first-order valence-electron chi connectivity index (χ1n) is 7.80. The first-order valence-corrected chi connectivity index (χ1v) is 7.80. The first kappa shape index (κ1) is 16.0. The van der Waals surface area contributed by atoms with Crippen LogP contribution in [0.3, 0.4) is 0 Å². The van der Waals surface area contributed by atoms with Crippen molar-refractivity contribution >= 4 is 0 Å². The van der Waals surface area contributed by atoms with Crippen LogP contribution in [0.4, 0.5) is 0 Å². The average molecular weight is 294 g/mol. The topological polar surface area (TPSA) is 75.2 Å². The summed E-state index contributed by atoms with van der Waals surface area (Å²) in [6.45, 7) is 8.82. The van der Waals surface area contributed by atoms with Gasteiger partial charge in [-0.25, -0.2) is 0 Å². The molecule has 0 spiro atoms. The summed E-state index contributed by atoms with van der Waals surface area (Å²) in [5, 5.41) is 10.0. The number of hydrogen-bond donors (Lipinski definition) is 2. The molecule has 21 heavy (non-hydrogen) atoms. The maximum Gasteiger partial charge on any atom is 0.258 e. The van der Waals surface area contributed by atoms with E-state index in [0.717, 1.165) is 25.7 Å². The predicted molar refractivity (Wildman–Crippen MR) is 81.5 cm³/mol. The number of aromatic nitrogens is 2. The lowest BCUT2D eigenvalue weighted by molar-refractivity contribution is -0.0952. The second-order valence-corrected chi connectivity index (χ2v) is 6.66. The number of nitrogens with one attached hydrogen (secondary N) is 1. The molecule has 1 aromatic rings. The lowest BCUT2D eigenvalue weighted by Crippen LogP contribution is -2.40. The Balaban J connectivity index is 2.42. The van der Waals surface area contributed by atoms with Crippen LogP contribution < -0.4 is 5.56 Å². The molecular weight excluding hydrogens is 268 g/mol. The molecule has 1 aromatic heterocycles. The lowest BCUT2D eigenvalue weighted by atomic mass is 9.70. The van der Waals surface area contributed by atoms with Crippen LogP contribution >= 0.6 is 0 Å². The van der Waals surface area contributed by atoms with E-state index in [-0.39, 0.29) is 16.9 Å². The van der Waals surface area contributed by atoms with Crippen LogP contribution in [0.5, 0.6) is 5.88 Å². The third-order valence-electron chi connectivity index (χ3n) is 4.61. The highest BCUT2D eigenvalue weighted by Crippen LogP contribution is 2.46. The molecule has 2 rings (SSSR count). The number of nitrogens with zero attached hydrogens (tertiary/aromatic N) is 1. The molecule has 1 fully saturated rings. The van der Waals surface area contributed by atoms with Gasteiger partial charge in [-0.2, -0.15) is 4.98 Å². The van der Waals surface area contributed by atoms with Crippen LogP contribution in [0.15, 0.2) is 4.79 Å². The Kier molecular flexibility index (Phi) is 4.42. The van der Waals surface area contributed by atoms with Crippen LogP contribution in [0.25, 0.3) is 0 Å². The maximum absolute atomic E-state index is 12.1. The summed E-state index contributed by atoms with van der Waals surface area (Å²) >= 11 is 0. The normalized spacial score (nSPS) is 20.4. The molecule has 1 heterocycles. The number of H-pyrrole nitrogens is 1. The molecule has 5 heteroatoms. The Morgan fingerprint density at radius 1 is 1.24 bits per heavy atom. The fraction of sp³-hybridized carbons (Fsp3) is 0.750. The van der Waals surface area contributed by atoms with Gasteiger partial charge >= 0.3 is 0 Å². The molecule has 2 N–H and O–H groups in total. The van der Waals surface area contributed by atoms with Gasteiger partial charge in [0.1, 0.15) is 11.4 Å². The van der Waals surface area contributed by atoms with Crippen LogP contribution in [0.1, 0.15) is 64.8 Å².